The van der Waals surface area contributed by atoms with Crippen LogP contribution >= 0.6 is 0 Å². The van der Waals surface area contributed by atoms with Crippen molar-refractivity contribution in [2.24, 2.45) is 5.92 Å². The maximum atomic E-state index is 12.2. The van der Waals surface area contributed by atoms with Gasteiger partial charge in [-0.2, -0.15) is 0 Å². The van der Waals surface area contributed by atoms with E-state index in [2.05, 4.69) is 48.3 Å². The maximum absolute atomic E-state index is 12.2. The highest BCUT2D eigenvalue weighted by atomic mass is 16.3. The van der Waals surface area contributed by atoms with Crippen molar-refractivity contribution in [3.8, 4) is 0 Å². The van der Waals surface area contributed by atoms with Crippen molar-refractivity contribution in [3.63, 3.8) is 0 Å². The molecule has 134 valence electrons. The Kier molecular flexibility index (Phi) is 7.06. The van der Waals surface area contributed by atoms with Crippen molar-refractivity contribution in [2.45, 2.75) is 46.4 Å². The van der Waals surface area contributed by atoms with Crippen LogP contribution in [-0.4, -0.2) is 53.2 Å². The van der Waals surface area contributed by atoms with Crippen molar-refractivity contribution in [1.82, 2.24) is 15.1 Å². The van der Waals surface area contributed by atoms with Gasteiger partial charge in [0.2, 0.25) is 0 Å². The van der Waals surface area contributed by atoms with Gasteiger partial charge in [-0.3, -0.25) is 4.90 Å². The Labute approximate surface area is 145 Å². The normalized spacial score (nSPS) is 21.1. The van der Waals surface area contributed by atoms with Crippen LogP contribution in [0.25, 0.3) is 0 Å². The lowest BCUT2D eigenvalue weighted by Crippen LogP contribution is -2.49. The second kappa shape index (κ2) is 9.04. The third-order valence-electron chi connectivity index (χ3n) is 4.97. The Morgan fingerprint density at radius 1 is 1.25 bits per heavy atom. The van der Waals surface area contributed by atoms with Crippen LogP contribution in [0.4, 0.5) is 4.79 Å². The molecule has 0 radical (unpaired) electrons. The number of urea groups is 1. The molecule has 2 N–H and O–H groups in total. The molecule has 0 bridgehead atoms. The lowest BCUT2D eigenvalue weighted by Gasteiger charge is -2.34. The van der Waals surface area contributed by atoms with Gasteiger partial charge in [-0.05, 0) is 36.6 Å². The third-order valence-corrected chi connectivity index (χ3v) is 4.97. The number of amides is 2. The number of carbonyl (C=O) groups excluding carboxylic acids is 1. The number of rotatable bonds is 6. The van der Waals surface area contributed by atoms with Gasteiger partial charge in [0.25, 0.3) is 0 Å². The average Bonchev–Trinajstić information content (AvgIpc) is 2.61. The molecule has 0 saturated carbocycles. The van der Waals surface area contributed by atoms with Crippen LogP contribution in [0.1, 0.15) is 38.3 Å². The first-order valence-electron chi connectivity index (χ1n) is 9.04. The summed E-state index contributed by atoms with van der Waals surface area (Å²) in [4.78, 5) is 16.3. The standard InChI is InChI=1S/C19H31N3O2/c1-4-21(5-2)13-17-8-6-16(7-9-17)12-20-19(24)22-11-10-15(3)18(23)14-22/h6-9,15,18,23H,4-5,10-14H2,1-3H3,(H,20,24). The molecule has 5 nitrogen and oxygen atoms in total. The van der Waals surface area contributed by atoms with Crippen LogP contribution in [0.3, 0.4) is 0 Å². The van der Waals surface area contributed by atoms with Crippen LogP contribution < -0.4 is 5.32 Å². The van der Waals surface area contributed by atoms with E-state index in [1.54, 1.807) is 4.90 Å². The summed E-state index contributed by atoms with van der Waals surface area (Å²) >= 11 is 0. The highest BCUT2D eigenvalue weighted by Crippen LogP contribution is 2.17. The Morgan fingerprint density at radius 2 is 1.88 bits per heavy atom. The van der Waals surface area contributed by atoms with E-state index < -0.39 is 6.10 Å². The molecule has 1 aliphatic rings. The van der Waals surface area contributed by atoms with E-state index in [1.807, 2.05) is 6.92 Å². The summed E-state index contributed by atoms with van der Waals surface area (Å²) in [7, 11) is 0. The summed E-state index contributed by atoms with van der Waals surface area (Å²) < 4.78 is 0. The van der Waals surface area contributed by atoms with E-state index in [0.29, 0.717) is 19.6 Å². The number of aliphatic hydroxyl groups excluding tert-OH is 1. The summed E-state index contributed by atoms with van der Waals surface area (Å²) in [5, 5.41) is 12.9. The molecule has 0 aliphatic carbocycles. The number of aliphatic hydroxyl groups is 1. The molecule has 2 amide bonds. The van der Waals surface area contributed by atoms with E-state index in [9.17, 15) is 9.90 Å². The molecule has 1 fully saturated rings. The number of β-amino-alcohol motifs (C(OH)–C–C–N with tert-alkyl or cyclic N) is 1. The Bertz CT molecular complexity index is 514. The van der Waals surface area contributed by atoms with Gasteiger partial charge in [-0.25, -0.2) is 4.79 Å². The van der Waals surface area contributed by atoms with Crippen molar-refractivity contribution in [3.05, 3.63) is 35.4 Å². The fourth-order valence-corrected chi connectivity index (χ4v) is 2.99. The Balaban J connectivity index is 1.80. The SMILES string of the molecule is CCN(CC)Cc1ccc(CNC(=O)N2CCC(C)C(O)C2)cc1. The van der Waals surface area contributed by atoms with E-state index in [-0.39, 0.29) is 11.9 Å². The molecule has 5 heteroatoms. The number of nitrogens with zero attached hydrogens (tertiary/aromatic N) is 2. The van der Waals surface area contributed by atoms with Crippen LogP contribution in [-0.2, 0) is 13.1 Å². The van der Waals surface area contributed by atoms with Gasteiger partial charge in [0, 0.05) is 26.2 Å². The summed E-state index contributed by atoms with van der Waals surface area (Å²) in [5.74, 6) is 0.271. The lowest BCUT2D eigenvalue weighted by molar-refractivity contribution is 0.0435. The quantitative estimate of drug-likeness (QED) is 0.841. The summed E-state index contributed by atoms with van der Waals surface area (Å²) in [6, 6.07) is 8.32. The molecule has 2 atom stereocenters. The fraction of sp³-hybridized carbons (Fsp3) is 0.632. The van der Waals surface area contributed by atoms with Crippen molar-refractivity contribution in [2.75, 3.05) is 26.2 Å². The minimum atomic E-state index is -0.413. The zero-order valence-electron chi connectivity index (χ0n) is 15.2. The van der Waals surface area contributed by atoms with Crippen molar-refractivity contribution >= 4 is 6.03 Å². The minimum absolute atomic E-state index is 0.0897. The monoisotopic (exact) mass is 333 g/mol. The third kappa shape index (κ3) is 5.21. The molecular formula is C19H31N3O2. The van der Waals surface area contributed by atoms with Gasteiger partial charge < -0.3 is 15.3 Å². The smallest absolute Gasteiger partial charge is 0.317 e. The molecule has 24 heavy (non-hydrogen) atoms. The second-order valence-electron chi connectivity index (χ2n) is 6.72. The van der Waals surface area contributed by atoms with E-state index >= 15 is 0 Å². The topological polar surface area (TPSA) is 55.8 Å². The molecule has 1 heterocycles. The predicted molar refractivity (Wildman–Crippen MR) is 96.7 cm³/mol. The van der Waals surface area contributed by atoms with E-state index in [4.69, 9.17) is 0 Å². The number of benzene rings is 1. The second-order valence-corrected chi connectivity index (χ2v) is 6.72. The molecular weight excluding hydrogens is 302 g/mol. The lowest BCUT2D eigenvalue weighted by atomic mass is 9.96. The average molecular weight is 333 g/mol. The maximum Gasteiger partial charge on any atom is 0.317 e. The largest absolute Gasteiger partial charge is 0.391 e. The highest BCUT2D eigenvalue weighted by molar-refractivity contribution is 5.74. The molecule has 2 unspecified atom stereocenters. The van der Waals surface area contributed by atoms with Gasteiger partial charge in [0.05, 0.1) is 6.10 Å². The van der Waals surface area contributed by atoms with Crippen molar-refractivity contribution < 1.29 is 9.90 Å². The number of carbonyl (C=O) groups is 1. The first-order valence-corrected chi connectivity index (χ1v) is 9.04. The molecule has 0 aromatic heterocycles. The number of nitrogens with one attached hydrogen (secondary N) is 1. The first kappa shape index (κ1) is 18.7. The van der Waals surface area contributed by atoms with Crippen molar-refractivity contribution in [1.29, 1.82) is 0 Å². The van der Waals surface area contributed by atoms with E-state index in [0.717, 1.165) is 31.6 Å². The predicted octanol–water partition coefficient (Wildman–Crippen LogP) is 2.44. The zero-order chi connectivity index (χ0) is 17.5. The van der Waals surface area contributed by atoms with Crippen LogP contribution in [0.15, 0.2) is 24.3 Å². The molecule has 0 spiro atoms. The number of piperidine rings is 1. The van der Waals surface area contributed by atoms with Crippen LogP contribution in [0, 0.1) is 5.92 Å². The molecule has 1 saturated heterocycles. The minimum Gasteiger partial charge on any atom is -0.391 e. The van der Waals surface area contributed by atoms with Gasteiger partial charge in [0.1, 0.15) is 0 Å². The van der Waals surface area contributed by atoms with Gasteiger partial charge in [-0.1, -0.05) is 45.0 Å². The number of hydrogen-bond acceptors (Lipinski definition) is 3. The highest BCUT2D eigenvalue weighted by Gasteiger charge is 2.26. The van der Waals surface area contributed by atoms with Crippen LogP contribution in [0.2, 0.25) is 0 Å². The molecule has 2 rings (SSSR count). The Hall–Kier alpha value is -1.59. The molecule has 1 aromatic rings. The van der Waals surface area contributed by atoms with Gasteiger partial charge in [-0.15, -0.1) is 0 Å². The fourth-order valence-electron chi connectivity index (χ4n) is 2.99. The first-order chi connectivity index (χ1) is 11.5. The number of hydrogen-bond donors (Lipinski definition) is 2. The summed E-state index contributed by atoms with van der Waals surface area (Å²) in [5.41, 5.74) is 2.39. The van der Waals surface area contributed by atoms with E-state index in [1.165, 1.54) is 5.56 Å². The van der Waals surface area contributed by atoms with Crippen LogP contribution in [0.5, 0.6) is 0 Å². The molecule has 1 aliphatic heterocycles. The molecule has 1 aromatic carbocycles. The summed E-state index contributed by atoms with van der Waals surface area (Å²) in [6.45, 7) is 11.1. The van der Waals surface area contributed by atoms with Gasteiger partial charge >= 0.3 is 6.03 Å². The number of likely N-dealkylation sites (tertiary alicyclic amines) is 1. The summed E-state index contributed by atoms with van der Waals surface area (Å²) in [6.07, 6.45) is 0.443. The Morgan fingerprint density at radius 3 is 2.46 bits per heavy atom. The zero-order valence-corrected chi connectivity index (χ0v) is 15.2. The van der Waals surface area contributed by atoms with Gasteiger partial charge in [0.15, 0.2) is 0 Å².